The van der Waals surface area contributed by atoms with Crippen LogP contribution in [0.15, 0.2) is 0 Å². The number of carbonyl (C=O) groups is 1. The molecule has 0 fully saturated rings. The maximum absolute atomic E-state index is 10.4. The van der Waals surface area contributed by atoms with Gasteiger partial charge in [-0.25, -0.2) is 0 Å². The number of hydrogen-bond donors (Lipinski definition) is 2. The quantitative estimate of drug-likeness (QED) is 0.396. The summed E-state index contributed by atoms with van der Waals surface area (Å²) in [6, 6.07) is 0.753. The highest BCUT2D eigenvalue weighted by Crippen LogP contribution is 2.17. The third-order valence-electron chi connectivity index (χ3n) is 2.44. The van der Waals surface area contributed by atoms with Crippen molar-refractivity contribution in [2.45, 2.75) is 39.7 Å². The number of aliphatic carboxylic acids is 1. The summed E-state index contributed by atoms with van der Waals surface area (Å²) < 4.78 is 17.2. The Labute approximate surface area is 116 Å². The van der Waals surface area contributed by atoms with Crippen LogP contribution in [0.2, 0.25) is 6.04 Å². The van der Waals surface area contributed by atoms with Gasteiger partial charge in [0.25, 0.3) is 0 Å². The molecule has 0 spiro atoms. The lowest BCUT2D eigenvalue weighted by molar-refractivity contribution is -0.136. The molecule has 0 rings (SSSR count). The average Bonchev–Trinajstić information content (AvgIpc) is 2.34. The molecule has 0 bridgehead atoms. The molecule has 0 aromatic carbocycles. The summed E-state index contributed by atoms with van der Waals surface area (Å²) in [7, 11) is -2.53. The van der Waals surface area contributed by atoms with Gasteiger partial charge in [0.1, 0.15) is 0 Å². The lowest BCUT2D eigenvalue weighted by Gasteiger charge is -2.28. The van der Waals surface area contributed by atoms with Crippen molar-refractivity contribution in [3.05, 3.63) is 0 Å². The topological polar surface area (TPSA) is 77.0 Å². The van der Waals surface area contributed by atoms with Gasteiger partial charge in [-0.05, 0) is 33.7 Å². The third-order valence-corrected chi connectivity index (χ3v) is 5.60. The molecule has 0 saturated carbocycles. The standard InChI is InChI=1S/C12H27NO5Si/c1-4-16-19(17-5-2,18-6-3)11-7-9-13-10-8-12(14)15/h13H,4-11H2,1-3H3,(H,14,15). The molecule has 0 unspecified atom stereocenters. The van der Waals surface area contributed by atoms with Gasteiger partial charge in [0.15, 0.2) is 0 Å². The van der Waals surface area contributed by atoms with E-state index in [-0.39, 0.29) is 6.42 Å². The van der Waals surface area contributed by atoms with Crippen molar-refractivity contribution in [3.8, 4) is 0 Å². The molecule has 0 heterocycles. The van der Waals surface area contributed by atoms with Crippen molar-refractivity contribution in [1.29, 1.82) is 0 Å². The molecule has 0 aliphatic carbocycles. The predicted octanol–water partition coefficient (Wildman–Crippen LogP) is 1.49. The minimum atomic E-state index is -2.53. The molecule has 19 heavy (non-hydrogen) atoms. The summed E-state index contributed by atoms with van der Waals surface area (Å²) in [5.41, 5.74) is 0. The lowest BCUT2D eigenvalue weighted by Crippen LogP contribution is -2.46. The van der Waals surface area contributed by atoms with Crippen LogP contribution < -0.4 is 5.32 Å². The van der Waals surface area contributed by atoms with Gasteiger partial charge < -0.3 is 23.7 Å². The zero-order chi connectivity index (χ0) is 14.6. The van der Waals surface area contributed by atoms with Crippen molar-refractivity contribution in [1.82, 2.24) is 5.32 Å². The van der Waals surface area contributed by atoms with Crippen molar-refractivity contribution in [2.24, 2.45) is 0 Å². The fourth-order valence-electron chi connectivity index (χ4n) is 1.75. The average molecular weight is 293 g/mol. The smallest absolute Gasteiger partial charge is 0.481 e. The van der Waals surface area contributed by atoms with Crippen LogP contribution in [-0.4, -0.2) is 52.8 Å². The van der Waals surface area contributed by atoms with E-state index in [2.05, 4.69) is 5.32 Å². The molecular weight excluding hydrogens is 266 g/mol. The summed E-state index contributed by atoms with van der Waals surface area (Å²) in [6.07, 6.45) is 0.997. The van der Waals surface area contributed by atoms with E-state index in [0.29, 0.717) is 26.4 Å². The molecular formula is C12H27NO5Si. The number of rotatable bonds is 13. The van der Waals surface area contributed by atoms with Crippen LogP contribution in [-0.2, 0) is 18.1 Å². The first-order chi connectivity index (χ1) is 9.10. The Balaban J connectivity index is 3.99. The van der Waals surface area contributed by atoms with Crippen molar-refractivity contribution in [2.75, 3.05) is 32.9 Å². The Hall–Kier alpha value is -0.473. The number of carboxylic acid groups (broad SMARTS) is 1. The number of hydrogen-bond acceptors (Lipinski definition) is 5. The molecule has 0 radical (unpaired) electrons. The van der Waals surface area contributed by atoms with Crippen LogP contribution in [0.4, 0.5) is 0 Å². The Bertz CT molecular complexity index is 223. The first kappa shape index (κ1) is 18.5. The lowest BCUT2D eigenvalue weighted by atomic mass is 10.4. The van der Waals surface area contributed by atoms with E-state index in [0.717, 1.165) is 19.0 Å². The van der Waals surface area contributed by atoms with Gasteiger partial charge in [-0.15, -0.1) is 0 Å². The van der Waals surface area contributed by atoms with E-state index in [1.807, 2.05) is 20.8 Å². The van der Waals surface area contributed by atoms with E-state index in [1.54, 1.807) is 0 Å². The molecule has 0 atom stereocenters. The van der Waals surface area contributed by atoms with E-state index in [1.165, 1.54) is 0 Å². The molecule has 0 aromatic heterocycles. The van der Waals surface area contributed by atoms with Crippen LogP contribution in [0.3, 0.4) is 0 Å². The molecule has 0 amide bonds. The summed E-state index contributed by atoms with van der Waals surface area (Å²) in [5.74, 6) is -0.783. The van der Waals surface area contributed by atoms with Crippen LogP contribution in [0.25, 0.3) is 0 Å². The minimum Gasteiger partial charge on any atom is -0.481 e. The number of nitrogens with one attached hydrogen (secondary N) is 1. The van der Waals surface area contributed by atoms with Gasteiger partial charge in [0.2, 0.25) is 0 Å². The van der Waals surface area contributed by atoms with E-state index in [4.69, 9.17) is 18.4 Å². The van der Waals surface area contributed by atoms with Crippen LogP contribution in [0.5, 0.6) is 0 Å². The van der Waals surface area contributed by atoms with Gasteiger partial charge in [0, 0.05) is 32.4 Å². The van der Waals surface area contributed by atoms with Gasteiger partial charge in [0.05, 0.1) is 6.42 Å². The zero-order valence-corrected chi connectivity index (χ0v) is 13.2. The van der Waals surface area contributed by atoms with Gasteiger partial charge in [-0.2, -0.15) is 0 Å². The molecule has 2 N–H and O–H groups in total. The van der Waals surface area contributed by atoms with Crippen LogP contribution in [0, 0.1) is 0 Å². The molecule has 0 saturated heterocycles. The highest BCUT2D eigenvalue weighted by Gasteiger charge is 2.39. The van der Waals surface area contributed by atoms with Crippen LogP contribution in [0.1, 0.15) is 33.6 Å². The Morgan fingerprint density at radius 1 is 1.05 bits per heavy atom. The maximum Gasteiger partial charge on any atom is 0.500 e. The third kappa shape index (κ3) is 9.12. The summed E-state index contributed by atoms with van der Waals surface area (Å²) in [4.78, 5) is 10.4. The second-order valence-electron chi connectivity index (χ2n) is 3.98. The van der Waals surface area contributed by atoms with Crippen LogP contribution >= 0.6 is 0 Å². The number of carboxylic acids is 1. The van der Waals surface area contributed by atoms with Crippen molar-refractivity contribution in [3.63, 3.8) is 0 Å². The highest BCUT2D eigenvalue weighted by atomic mass is 28.4. The summed E-state index contributed by atoms with van der Waals surface area (Å²) in [5, 5.41) is 11.6. The molecule has 0 aliphatic rings. The Morgan fingerprint density at radius 2 is 1.58 bits per heavy atom. The Kier molecular flexibility index (Phi) is 11.1. The van der Waals surface area contributed by atoms with Gasteiger partial charge in [-0.3, -0.25) is 4.79 Å². The monoisotopic (exact) mass is 293 g/mol. The minimum absolute atomic E-state index is 0.144. The maximum atomic E-state index is 10.4. The Morgan fingerprint density at radius 3 is 2.00 bits per heavy atom. The van der Waals surface area contributed by atoms with E-state index >= 15 is 0 Å². The SMILES string of the molecule is CCO[Si](CCCNCCC(=O)O)(OCC)OCC. The predicted molar refractivity (Wildman–Crippen MR) is 75.2 cm³/mol. The van der Waals surface area contributed by atoms with E-state index < -0.39 is 14.8 Å². The fraction of sp³-hybridized carbons (Fsp3) is 0.917. The summed E-state index contributed by atoms with van der Waals surface area (Å²) in [6.45, 7) is 8.79. The summed E-state index contributed by atoms with van der Waals surface area (Å²) >= 11 is 0. The molecule has 0 aliphatic heterocycles. The van der Waals surface area contributed by atoms with E-state index in [9.17, 15) is 4.79 Å². The first-order valence-electron chi connectivity index (χ1n) is 6.94. The normalized spacial score (nSPS) is 11.7. The zero-order valence-electron chi connectivity index (χ0n) is 12.2. The largest absolute Gasteiger partial charge is 0.500 e. The second-order valence-corrected chi connectivity index (χ2v) is 6.71. The highest BCUT2D eigenvalue weighted by molar-refractivity contribution is 6.60. The van der Waals surface area contributed by atoms with Gasteiger partial charge in [-0.1, -0.05) is 0 Å². The molecule has 7 heteroatoms. The second kappa shape index (κ2) is 11.4. The fourth-order valence-corrected chi connectivity index (χ4v) is 4.36. The molecule has 6 nitrogen and oxygen atoms in total. The van der Waals surface area contributed by atoms with Crippen molar-refractivity contribution < 1.29 is 23.2 Å². The molecule has 0 aromatic rings. The molecule has 114 valence electrons. The van der Waals surface area contributed by atoms with Crippen molar-refractivity contribution >= 4 is 14.8 Å². The first-order valence-corrected chi connectivity index (χ1v) is 8.87. The van der Waals surface area contributed by atoms with Gasteiger partial charge >= 0.3 is 14.8 Å².